The second kappa shape index (κ2) is 17.5. The zero-order valence-electron chi connectivity index (χ0n) is 36.5. The number of benzene rings is 3. The summed E-state index contributed by atoms with van der Waals surface area (Å²) >= 11 is 6.33. The van der Waals surface area contributed by atoms with E-state index in [9.17, 15) is 14.4 Å². The summed E-state index contributed by atoms with van der Waals surface area (Å²) < 4.78 is 9.43. The maximum atomic E-state index is 13.4. The van der Waals surface area contributed by atoms with Gasteiger partial charge in [-0.2, -0.15) is 0 Å². The third-order valence-electron chi connectivity index (χ3n) is 14.5. The number of imidazole rings is 1. The Morgan fingerprint density at radius 1 is 0.905 bits per heavy atom. The number of carbonyl (C=O) groups excluding carboxylic acids is 2. The Bertz CT molecular complexity index is 2610. The van der Waals surface area contributed by atoms with Crippen molar-refractivity contribution < 1.29 is 14.3 Å². The van der Waals surface area contributed by atoms with Gasteiger partial charge in [0.2, 0.25) is 17.8 Å². The predicted octanol–water partition coefficient (Wildman–Crippen LogP) is 7.56. The van der Waals surface area contributed by atoms with E-state index in [0.29, 0.717) is 35.2 Å². The Labute approximate surface area is 373 Å². The van der Waals surface area contributed by atoms with Crippen LogP contribution in [0.5, 0.6) is 5.75 Å². The summed E-state index contributed by atoms with van der Waals surface area (Å²) in [6, 6.07) is 21.4. The first kappa shape index (κ1) is 42.7. The topological polar surface area (TPSA) is 122 Å². The van der Waals surface area contributed by atoms with E-state index in [2.05, 4.69) is 61.9 Å². The lowest BCUT2D eigenvalue weighted by Crippen LogP contribution is -2.52. The highest BCUT2D eigenvalue weighted by atomic mass is 35.5. The van der Waals surface area contributed by atoms with Gasteiger partial charge in [0.15, 0.2) is 5.69 Å². The number of nitrogens with zero attached hydrogens (tertiary/aromatic N) is 8. The van der Waals surface area contributed by atoms with Gasteiger partial charge in [-0.15, -0.1) is 0 Å². The van der Waals surface area contributed by atoms with Crippen LogP contribution in [0, 0.1) is 12.0 Å². The first-order valence-electron chi connectivity index (χ1n) is 22.4. The Balaban J connectivity index is 0.739. The summed E-state index contributed by atoms with van der Waals surface area (Å²) in [6.07, 6.45) is 9.42. The van der Waals surface area contributed by atoms with Gasteiger partial charge in [0.05, 0.1) is 23.3 Å². The monoisotopic (exact) mass is 869 g/mol. The fourth-order valence-corrected chi connectivity index (χ4v) is 10.7. The number of imide groups is 1. The summed E-state index contributed by atoms with van der Waals surface area (Å²) in [5.41, 5.74) is 5.99. The number of nitrogens with one attached hydrogen (secondary N) is 1. The van der Waals surface area contributed by atoms with Crippen LogP contribution < -0.4 is 20.6 Å². The van der Waals surface area contributed by atoms with Gasteiger partial charge in [-0.1, -0.05) is 55.8 Å². The number of aryl methyl sites for hydroxylation is 1. The van der Waals surface area contributed by atoms with Crippen LogP contribution in [-0.2, 0) is 35.2 Å². The molecule has 1 N–H and O–H groups in total. The number of ether oxygens (including phenoxy) is 1. The number of amides is 2. The van der Waals surface area contributed by atoms with Gasteiger partial charge >= 0.3 is 5.69 Å². The van der Waals surface area contributed by atoms with Crippen LogP contribution in [0.2, 0.25) is 5.02 Å². The van der Waals surface area contributed by atoms with Gasteiger partial charge in [-0.05, 0) is 130 Å². The van der Waals surface area contributed by atoms with E-state index in [1.807, 2.05) is 48.7 Å². The van der Waals surface area contributed by atoms with E-state index < -0.39 is 11.9 Å². The zero-order valence-corrected chi connectivity index (χ0v) is 37.2. The minimum Gasteiger partial charge on any atom is -0.487 e. The number of likely N-dealkylation sites (tertiary alicyclic amines) is 2. The fraction of sp³-hybridized carbons (Fsp3) is 0.469. The van der Waals surface area contributed by atoms with Crippen molar-refractivity contribution in [1.29, 1.82) is 0 Å². The van der Waals surface area contributed by atoms with Crippen LogP contribution in [0.4, 0.5) is 11.6 Å². The first-order valence-corrected chi connectivity index (χ1v) is 22.8. The molecule has 2 aromatic heterocycles. The quantitative estimate of drug-likeness (QED) is 0.112. The number of hydrogen-bond acceptors (Lipinski definition) is 9. The zero-order chi connectivity index (χ0) is 43.9. The molecule has 4 saturated heterocycles. The van der Waals surface area contributed by atoms with Crippen molar-refractivity contribution in [2.24, 2.45) is 12.5 Å². The van der Waals surface area contributed by atoms with Crippen LogP contribution in [0.25, 0.3) is 15.9 Å². The average molecular weight is 870 g/mol. The normalized spacial score (nSPS) is 20.2. The number of rotatable bonds is 10. The molecule has 13 nitrogen and oxygen atoms in total. The highest BCUT2D eigenvalue weighted by Crippen LogP contribution is 2.43. The average Bonchev–Trinajstić information content (AvgIpc) is 3.55. The molecule has 328 valence electrons. The molecule has 14 heteroatoms. The molecule has 1 spiro atoms. The number of hydrogen-bond donors (Lipinski definition) is 1. The van der Waals surface area contributed by atoms with Gasteiger partial charge < -0.3 is 14.5 Å². The van der Waals surface area contributed by atoms with Crippen molar-refractivity contribution in [2.45, 2.75) is 95.9 Å². The van der Waals surface area contributed by atoms with Crippen molar-refractivity contribution >= 4 is 46.1 Å². The molecule has 1 atom stereocenters. The van der Waals surface area contributed by atoms with Crippen LogP contribution >= 0.6 is 11.6 Å². The van der Waals surface area contributed by atoms with Crippen LogP contribution in [0.15, 0.2) is 77.7 Å². The molecule has 6 heterocycles. The first-order chi connectivity index (χ1) is 30.4. The molecule has 3 aromatic carbocycles. The maximum Gasteiger partial charge on any atom is 0.329 e. The van der Waals surface area contributed by atoms with Crippen LogP contribution in [0.1, 0.15) is 93.6 Å². The molecule has 4 aliphatic rings. The molecular weight excluding hydrogens is 814 g/mol. The summed E-state index contributed by atoms with van der Waals surface area (Å²) in [6.45, 7) is 19.0. The van der Waals surface area contributed by atoms with Gasteiger partial charge in [0.25, 0.3) is 0 Å². The van der Waals surface area contributed by atoms with Gasteiger partial charge in [-0.3, -0.25) is 28.9 Å². The van der Waals surface area contributed by atoms with E-state index in [-0.39, 0.29) is 23.4 Å². The number of aromatic nitrogens is 4. The Hall–Kier alpha value is -5.55. The SMILES string of the molecule is [C-]#[N+]c1cc(Cl)cc(C(C)(C)c2ccc(OCc3ccnc(N4CCC5(CC4)CCN(C4CCN(Cc6cccc7c6n(C)c(=O)n7C6CCC(=O)NC6=O)CC4)CC5)n3)cc2)c1. The molecule has 4 fully saturated rings. The molecule has 1 unspecified atom stereocenters. The number of piperidine rings is 4. The van der Waals surface area contributed by atoms with Gasteiger partial charge in [0.1, 0.15) is 18.4 Å². The summed E-state index contributed by atoms with van der Waals surface area (Å²) in [5, 5.41) is 2.97. The number of carbonyl (C=O) groups is 2. The minimum absolute atomic E-state index is 0.225. The molecule has 2 amide bonds. The molecule has 5 aromatic rings. The van der Waals surface area contributed by atoms with Crippen molar-refractivity contribution in [1.82, 2.24) is 34.2 Å². The summed E-state index contributed by atoms with van der Waals surface area (Å²) in [4.78, 5) is 58.7. The van der Waals surface area contributed by atoms with E-state index in [0.717, 1.165) is 117 Å². The Morgan fingerprint density at radius 3 is 2.35 bits per heavy atom. The molecule has 0 bridgehead atoms. The fourth-order valence-electron chi connectivity index (χ4n) is 10.5. The van der Waals surface area contributed by atoms with E-state index in [1.165, 1.54) is 12.8 Å². The predicted molar refractivity (Wildman–Crippen MR) is 244 cm³/mol. The van der Waals surface area contributed by atoms with Crippen LogP contribution in [-0.4, -0.2) is 86.0 Å². The van der Waals surface area contributed by atoms with Gasteiger partial charge in [0, 0.05) is 55.8 Å². The van der Waals surface area contributed by atoms with Gasteiger partial charge in [-0.25, -0.2) is 19.6 Å². The molecule has 0 saturated carbocycles. The van der Waals surface area contributed by atoms with E-state index >= 15 is 0 Å². The summed E-state index contributed by atoms with van der Waals surface area (Å²) in [7, 11) is 1.78. The second-order valence-corrected chi connectivity index (χ2v) is 19.0. The molecule has 0 aliphatic carbocycles. The number of para-hydroxylation sites is 1. The van der Waals surface area contributed by atoms with Crippen molar-refractivity contribution in [3.8, 4) is 5.75 Å². The maximum absolute atomic E-state index is 13.4. The van der Waals surface area contributed by atoms with Crippen molar-refractivity contribution in [3.63, 3.8) is 0 Å². The highest BCUT2D eigenvalue weighted by molar-refractivity contribution is 6.31. The second-order valence-electron chi connectivity index (χ2n) is 18.6. The molecular formula is C49H56ClN9O4. The van der Waals surface area contributed by atoms with Crippen molar-refractivity contribution in [2.75, 3.05) is 44.2 Å². The Morgan fingerprint density at radius 2 is 1.63 bits per heavy atom. The minimum atomic E-state index is -0.681. The molecule has 9 rings (SSSR count). The number of fused-ring (bicyclic) bond motifs is 1. The smallest absolute Gasteiger partial charge is 0.329 e. The largest absolute Gasteiger partial charge is 0.487 e. The molecule has 4 aliphatic heterocycles. The lowest BCUT2D eigenvalue weighted by atomic mass is 9.71. The lowest BCUT2D eigenvalue weighted by Gasteiger charge is -2.49. The number of halogens is 1. The standard InChI is InChI=1S/C49H56ClN9O4/c1-48(2,35-28-36(50)30-38(29-35)51-3)34-8-10-40(11-9-34)63-32-37-14-21-52-46(53-37)58-26-19-49(20-27-58)17-24-57(25-18-49)39-15-22-56(23-16-39)31-33-6-5-7-41-44(33)55(4)47(62)59(41)42-12-13-43(60)54-45(42)61/h5-11,14,21,28-30,39,42H,12-13,15-20,22-27,31-32H2,1-2,4H3,(H,54,60,61). The third-order valence-corrected chi connectivity index (χ3v) is 14.8. The third kappa shape index (κ3) is 8.73. The van der Waals surface area contributed by atoms with E-state index in [4.69, 9.17) is 27.9 Å². The lowest BCUT2D eigenvalue weighted by molar-refractivity contribution is -0.135. The number of anilines is 1. The van der Waals surface area contributed by atoms with E-state index in [1.54, 1.807) is 22.2 Å². The molecule has 63 heavy (non-hydrogen) atoms. The highest BCUT2D eigenvalue weighted by Gasteiger charge is 2.40. The Kier molecular flexibility index (Phi) is 11.9. The van der Waals surface area contributed by atoms with Crippen molar-refractivity contribution in [3.05, 3.63) is 122 Å². The van der Waals surface area contributed by atoms with Crippen LogP contribution in [0.3, 0.4) is 0 Å². The summed E-state index contributed by atoms with van der Waals surface area (Å²) in [5.74, 6) is 0.849. The molecule has 0 radical (unpaired) electrons.